The maximum atomic E-state index is 5.94. The van der Waals surface area contributed by atoms with E-state index in [0.717, 1.165) is 41.3 Å². The number of halogens is 1. The number of rotatable bonds is 3. The lowest BCUT2D eigenvalue weighted by molar-refractivity contribution is 0.651. The molecule has 4 nitrogen and oxygen atoms in total. The van der Waals surface area contributed by atoms with Crippen LogP contribution < -0.4 is 15.5 Å². The smallest absolute Gasteiger partial charge is 0.185 e. The Bertz CT molecular complexity index is 592. The number of hydrogen-bond acceptors (Lipinski definition) is 5. The van der Waals surface area contributed by atoms with Crippen molar-refractivity contribution < 1.29 is 0 Å². The lowest BCUT2D eigenvalue weighted by atomic mass is 10.1. The van der Waals surface area contributed by atoms with Gasteiger partial charge in [-0.05, 0) is 40.5 Å². The summed E-state index contributed by atoms with van der Waals surface area (Å²) in [4.78, 5) is 9.16. The van der Waals surface area contributed by atoms with E-state index in [1.807, 2.05) is 18.5 Å². The molecule has 1 aromatic heterocycles. The second-order valence-electron chi connectivity index (χ2n) is 5.29. The molecule has 1 aliphatic heterocycles. The third kappa shape index (κ3) is 3.22. The average Bonchev–Trinajstić information content (AvgIpc) is 3.01. The topological polar surface area (TPSA) is 45.4 Å². The van der Waals surface area contributed by atoms with Crippen LogP contribution in [-0.4, -0.2) is 31.2 Å². The van der Waals surface area contributed by atoms with Crippen LogP contribution in [0.1, 0.15) is 18.5 Å². The molecule has 0 saturated carbocycles. The molecule has 2 heterocycles. The molecule has 1 atom stereocenters. The van der Waals surface area contributed by atoms with Crippen molar-refractivity contribution in [1.82, 2.24) is 4.98 Å². The summed E-state index contributed by atoms with van der Waals surface area (Å²) in [5, 5.41) is 3.16. The number of anilines is 2. The third-order valence-corrected chi connectivity index (χ3v) is 5.28. The molecule has 1 aromatic carbocycles. The maximum absolute atomic E-state index is 5.94. The zero-order chi connectivity index (χ0) is 14.8. The predicted octanol–water partition coefficient (Wildman–Crippen LogP) is 3.25. The highest BCUT2D eigenvalue weighted by molar-refractivity contribution is 9.10. The van der Waals surface area contributed by atoms with Crippen LogP contribution in [0.15, 0.2) is 34.2 Å². The molecule has 1 aliphatic rings. The van der Waals surface area contributed by atoms with Gasteiger partial charge in [0.05, 0.1) is 5.69 Å². The Balaban J connectivity index is 1.69. The van der Waals surface area contributed by atoms with E-state index in [2.05, 4.69) is 48.9 Å². The summed E-state index contributed by atoms with van der Waals surface area (Å²) in [6, 6.07) is 6.49. The number of thiazole rings is 1. The molecule has 2 aromatic rings. The van der Waals surface area contributed by atoms with Gasteiger partial charge in [-0.15, -0.1) is 11.3 Å². The minimum atomic E-state index is 0.0668. The molecule has 0 bridgehead atoms. The van der Waals surface area contributed by atoms with E-state index >= 15 is 0 Å². The largest absolute Gasteiger partial charge is 0.367 e. The van der Waals surface area contributed by atoms with Gasteiger partial charge in [0.2, 0.25) is 0 Å². The molecule has 3 rings (SSSR count). The van der Waals surface area contributed by atoms with Crippen molar-refractivity contribution in [3.05, 3.63) is 39.8 Å². The molecule has 0 radical (unpaired) electrons. The van der Waals surface area contributed by atoms with Crippen LogP contribution in [0.3, 0.4) is 0 Å². The normalized spacial score (nSPS) is 17.1. The summed E-state index contributed by atoms with van der Waals surface area (Å²) in [7, 11) is 0. The molecule has 6 heteroatoms. The number of benzene rings is 1. The van der Waals surface area contributed by atoms with E-state index in [-0.39, 0.29) is 6.04 Å². The third-order valence-electron chi connectivity index (χ3n) is 3.81. The number of nitrogens with zero attached hydrogens (tertiary/aromatic N) is 3. The van der Waals surface area contributed by atoms with Crippen molar-refractivity contribution in [3.8, 4) is 0 Å². The van der Waals surface area contributed by atoms with Gasteiger partial charge in [0.25, 0.3) is 0 Å². The van der Waals surface area contributed by atoms with Crippen molar-refractivity contribution in [2.24, 2.45) is 5.73 Å². The maximum Gasteiger partial charge on any atom is 0.185 e. The predicted molar refractivity (Wildman–Crippen MR) is 93.3 cm³/mol. The quantitative estimate of drug-likeness (QED) is 0.905. The molecule has 0 unspecified atom stereocenters. The van der Waals surface area contributed by atoms with E-state index < -0.39 is 0 Å². The van der Waals surface area contributed by atoms with E-state index in [4.69, 9.17) is 5.73 Å². The first-order chi connectivity index (χ1) is 10.1. The van der Waals surface area contributed by atoms with E-state index in [0.29, 0.717) is 0 Å². The van der Waals surface area contributed by atoms with Gasteiger partial charge < -0.3 is 15.5 Å². The van der Waals surface area contributed by atoms with Crippen molar-refractivity contribution in [1.29, 1.82) is 0 Å². The molecule has 0 spiro atoms. The first-order valence-electron chi connectivity index (χ1n) is 7.09. The number of nitrogens with two attached hydrogens (primary N) is 1. The lowest BCUT2D eigenvalue weighted by Gasteiger charge is -2.36. The van der Waals surface area contributed by atoms with Crippen molar-refractivity contribution in [2.45, 2.75) is 13.0 Å². The Kier molecular flexibility index (Phi) is 4.47. The standard InChI is InChI=1S/C15H19BrN4S/c1-11(17)12-2-3-14(13(16)10-12)19-5-7-20(8-6-19)15-18-4-9-21-15/h2-4,9-11H,5-8,17H2,1H3/t11-/m1/s1. The van der Waals surface area contributed by atoms with Crippen molar-refractivity contribution in [3.63, 3.8) is 0 Å². The molecular formula is C15H19BrN4S. The summed E-state index contributed by atoms with van der Waals surface area (Å²) in [5.41, 5.74) is 8.34. The van der Waals surface area contributed by atoms with Crippen LogP contribution in [0.25, 0.3) is 0 Å². The summed E-state index contributed by atoms with van der Waals surface area (Å²) in [6.07, 6.45) is 1.87. The number of hydrogen-bond donors (Lipinski definition) is 1. The highest BCUT2D eigenvalue weighted by atomic mass is 79.9. The molecule has 21 heavy (non-hydrogen) atoms. The van der Waals surface area contributed by atoms with E-state index in [9.17, 15) is 0 Å². The van der Waals surface area contributed by atoms with Gasteiger partial charge in [-0.2, -0.15) is 0 Å². The molecule has 1 fully saturated rings. The van der Waals surface area contributed by atoms with Gasteiger partial charge in [0.15, 0.2) is 5.13 Å². The Hall–Kier alpha value is -1.11. The zero-order valence-corrected chi connectivity index (χ0v) is 14.4. The Morgan fingerprint density at radius 3 is 2.52 bits per heavy atom. The van der Waals surface area contributed by atoms with Gasteiger partial charge >= 0.3 is 0 Å². The molecule has 0 amide bonds. The van der Waals surface area contributed by atoms with Gasteiger partial charge in [-0.1, -0.05) is 6.07 Å². The van der Waals surface area contributed by atoms with Crippen molar-refractivity contribution >= 4 is 38.1 Å². The van der Waals surface area contributed by atoms with Crippen LogP contribution in [0, 0.1) is 0 Å². The van der Waals surface area contributed by atoms with Crippen LogP contribution in [-0.2, 0) is 0 Å². The molecule has 1 saturated heterocycles. The fraction of sp³-hybridized carbons (Fsp3) is 0.400. The van der Waals surface area contributed by atoms with Gasteiger partial charge in [0.1, 0.15) is 0 Å². The lowest BCUT2D eigenvalue weighted by Crippen LogP contribution is -2.46. The van der Waals surface area contributed by atoms with E-state index in [1.165, 1.54) is 5.69 Å². The minimum Gasteiger partial charge on any atom is -0.367 e. The first kappa shape index (κ1) is 14.8. The highest BCUT2D eigenvalue weighted by Gasteiger charge is 2.20. The zero-order valence-electron chi connectivity index (χ0n) is 12.0. The monoisotopic (exact) mass is 366 g/mol. The second-order valence-corrected chi connectivity index (χ2v) is 7.02. The van der Waals surface area contributed by atoms with Crippen LogP contribution >= 0.6 is 27.3 Å². The number of piperazine rings is 1. The molecule has 112 valence electrons. The van der Waals surface area contributed by atoms with Gasteiger partial charge in [-0.3, -0.25) is 0 Å². The summed E-state index contributed by atoms with van der Waals surface area (Å²) >= 11 is 5.39. The minimum absolute atomic E-state index is 0.0668. The summed E-state index contributed by atoms with van der Waals surface area (Å²) in [5.74, 6) is 0. The summed E-state index contributed by atoms with van der Waals surface area (Å²) < 4.78 is 1.12. The fourth-order valence-corrected chi connectivity index (χ4v) is 3.92. The fourth-order valence-electron chi connectivity index (χ4n) is 2.57. The Morgan fingerprint density at radius 2 is 1.95 bits per heavy atom. The number of aromatic nitrogens is 1. The van der Waals surface area contributed by atoms with Crippen LogP contribution in [0.5, 0.6) is 0 Å². The second kappa shape index (κ2) is 6.34. The molecular weight excluding hydrogens is 348 g/mol. The molecule has 0 aliphatic carbocycles. The van der Waals surface area contributed by atoms with Crippen LogP contribution in [0.2, 0.25) is 0 Å². The highest BCUT2D eigenvalue weighted by Crippen LogP contribution is 2.30. The summed E-state index contributed by atoms with van der Waals surface area (Å²) in [6.45, 7) is 6.05. The van der Waals surface area contributed by atoms with Gasteiger partial charge in [0, 0.05) is 48.3 Å². The Labute approximate surface area is 137 Å². The van der Waals surface area contributed by atoms with Gasteiger partial charge in [-0.25, -0.2) is 4.98 Å². The first-order valence-corrected chi connectivity index (χ1v) is 8.77. The average molecular weight is 367 g/mol. The SMILES string of the molecule is C[C@@H](N)c1ccc(N2CCN(c3nccs3)CC2)c(Br)c1. The van der Waals surface area contributed by atoms with Crippen LogP contribution in [0.4, 0.5) is 10.8 Å². The molecule has 2 N–H and O–H groups in total. The Morgan fingerprint density at radius 1 is 1.24 bits per heavy atom. The van der Waals surface area contributed by atoms with Crippen molar-refractivity contribution in [2.75, 3.05) is 36.0 Å². The van der Waals surface area contributed by atoms with E-state index in [1.54, 1.807) is 11.3 Å².